The normalized spacial score (nSPS) is 11.5. The lowest BCUT2D eigenvalue weighted by Gasteiger charge is -2.03. The third-order valence-electron chi connectivity index (χ3n) is 4.72. The second kappa shape index (κ2) is 7.36. The molecule has 7 heteroatoms. The van der Waals surface area contributed by atoms with E-state index in [1.807, 2.05) is 73.0 Å². The van der Waals surface area contributed by atoms with Crippen LogP contribution in [0.4, 0.5) is 0 Å². The first-order valence-electron chi connectivity index (χ1n) is 9.01. The highest BCUT2D eigenvalue weighted by Gasteiger charge is 2.20. The van der Waals surface area contributed by atoms with Crippen LogP contribution in [0.25, 0.3) is 5.52 Å². The van der Waals surface area contributed by atoms with Crippen molar-refractivity contribution in [1.82, 2.24) is 19.3 Å². The summed E-state index contributed by atoms with van der Waals surface area (Å²) in [6.07, 6.45) is 4.35. The van der Waals surface area contributed by atoms with Gasteiger partial charge in [-0.05, 0) is 36.8 Å². The summed E-state index contributed by atoms with van der Waals surface area (Å²) < 4.78 is 3.97. The molecular weight excluding hydrogens is 370 g/mol. The van der Waals surface area contributed by atoms with Crippen molar-refractivity contribution >= 4 is 29.7 Å². The zero-order valence-electron chi connectivity index (χ0n) is 15.6. The number of ketones is 1. The molecule has 0 bridgehead atoms. The minimum absolute atomic E-state index is 0.0203. The number of fused-ring (bicyclic) bond motifs is 1. The van der Waals surface area contributed by atoms with E-state index in [0.29, 0.717) is 22.4 Å². The van der Waals surface area contributed by atoms with Crippen LogP contribution in [0.1, 0.15) is 39.9 Å². The van der Waals surface area contributed by atoms with Gasteiger partial charge in [0.15, 0.2) is 5.82 Å². The minimum Gasteiger partial charge on any atom is -0.313 e. The van der Waals surface area contributed by atoms with E-state index >= 15 is 0 Å². The fourth-order valence-corrected chi connectivity index (χ4v) is 3.51. The molecule has 0 aliphatic rings. The van der Waals surface area contributed by atoms with E-state index in [2.05, 4.69) is 15.3 Å². The van der Waals surface area contributed by atoms with Gasteiger partial charge in [-0.25, -0.2) is 0 Å². The van der Waals surface area contributed by atoms with Crippen LogP contribution in [-0.2, 0) is 6.42 Å². The van der Waals surface area contributed by atoms with Gasteiger partial charge in [-0.3, -0.25) is 9.89 Å². The number of carbonyl (C=O) groups is 1. The highest BCUT2D eigenvalue weighted by Crippen LogP contribution is 2.24. The smallest absolute Gasteiger partial charge is 0.216 e. The van der Waals surface area contributed by atoms with Crippen molar-refractivity contribution in [3.63, 3.8) is 0 Å². The van der Waals surface area contributed by atoms with Crippen LogP contribution in [0.15, 0.2) is 59.8 Å². The number of hydrogen-bond acceptors (Lipinski definition) is 4. The summed E-state index contributed by atoms with van der Waals surface area (Å²) in [5.74, 6) is 0.733. The molecule has 0 aliphatic carbocycles. The molecule has 0 spiro atoms. The number of nitrogens with zero attached hydrogens (tertiary/aromatic N) is 4. The second-order valence-corrected chi connectivity index (χ2v) is 6.78. The predicted molar refractivity (Wildman–Crippen MR) is 112 cm³/mol. The first-order valence-corrected chi connectivity index (χ1v) is 9.42. The molecule has 4 rings (SSSR count). The number of aryl methyl sites for hydroxylation is 1. The maximum Gasteiger partial charge on any atom is 0.216 e. The Hall–Kier alpha value is -3.32. The quantitative estimate of drug-likeness (QED) is 0.316. The van der Waals surface area contributed by atoms with E-state index < -0.39 is 0 Å². The fourth-order valence-electron chi connectivity index (χ4n) is 3.31. The zero-order chi connectivity index (χ0) is 19.7. The Kier molecular flexibility index (Phi) is 4.75. The van der Waals surface area contributed by atoms with Gasteiger partial charge < -0.3 is 4.40 Å². The van der Waals surface area contributed by atoms with Gasteiger partial charge in [0, 0.05) is 23.7 Å². The topological polar surface area (TPSA) is 67.5 Å². The van der Waals surface area contributed by atoms with Gasteiger partial charge in [0.25, 0.3) is 0 Å². The van der Waals surface area contributed by atoms with Crippen molar-refractivity contribution in [2.45, 2.75) is 20.3 Å². The van der Waals surface area contributed by atoms with E-state index in [0.717, 1.165) is 22.5 Å². The molecule has 0 aliphatic heterocycles. The van der Waals surface area contributed by atoms with Gasteiger partial charge in [-0.2, -0.15) is 14.9 Å². The average Bonchev–Trinajstić information content (AvgIpc) is 3.22. The monoisotopic (exact) mass is 389 g/mol. The summed E-state index contributed by atoms with van der Waals surface area (Å²) in [6.45, 7) is 3.94. The molecule has 3 aromatic heterocycles. The van der Waals surface area contributed by atoms with Gasteiger partial charge in [-0.1, -0.05) is 43.3 Å². The second-order valence-electron chi connectivity index (χ2n) is 6.39. The van der Waals surface area contributed by atoms with Crippen molar-refractivity contribution in [3.8, 4) is 0 Å². The molecular formula is C21H19N5OS. The molecule has 0 saturated heterocycles. The molecule has 0 radical (unpaired) electrons. The maximum atomic E-state index is 13.2. The van der Waals surface area contributed by atoms with E-state index in [9.17, 15) is 4.79 Å². The Morgan fingerprint density at radius 1 is 1.21 bits per heavy atom. The van der Waals surface area contributed by atoms with Crippen LogP contribution in [0, 0.1) is 11.7 Å². The summed E-state index contributed by atoms with van der Waals surface area (Å²) in [6, 6.07) is 15.1. The Bertz CT molecular complexity index is 1250. The highest BCUT2D eigenvalue weighted by molar-refractivity contribution is 7.71. The number of benzene rings is 1. The molecule has 0 fully saturated rings. The molecule has 28 heavy (non-hydrogen) atoms. The molecule has 3 heterocycles. The van der Waals surface area contributed by atoms with Crippen LogP contribution in [0.5, 0.6) is 0 Å². The zero-order valence-corrected chi connectivity index (χ0v) is 16.4. The summed E-state index contributed by atoms with van der Waals surface area (Å²) in [5.41, 5.74) is 3.95. The number of pyridine rings is 1. The lowest BCUT2D eigenvalue weighted by Crippen LogP contribution is -2.06. The van der Waals surface area contributed by atoms with E-state index in [-0.39, 0.29) is 5.78 Å². The van der Waals surface area contributed by atoms with Crippen LogP contribution in [0.3, 0.4) is 0 Å². The molecule has 4 aromatic rings. The van der Waals surface area contributed by atoms with Crippen molar-refractivity contribution in [2.75, 3.05) is 0 Å². The van der Waals surface area contributed by atoms with E-state index in [1.54, 1.807) is 10.9 Å². The van der Waals surface area contributed by atoms with Crippen molar-refractivity contribution in [2.24, 2.45) is 5.10 Å². The van der Waals surface area contributed by atoms with Crippen molar-refractivity contribution in [3.05, 3.63) is 87.7 Å². The molecule has 6 nitrogen and oxygen atoms in total. The van der Waals surface area contributed by atoms with Gasteiger partial charge in [0.05, 0.1) is 17.4 Å². The Morgan fingerprint density at radius 2 is 1.96 bits per heavy atom. The average molecular weight is 389 g/mol. The Morgan fingerprint density at radius 3 is 2.71 bits per heavy atom. The lowest BCUT2D eigenvalue weighted by atomic mass is 10.0. The number of H-pyrrole nitrogens is 1. The largest absolute Gasteiger partial charge is 0.313 e. The van der Waals surface area contributed by atoms with Gasteiger partial charge in [0.2, 0.25) is 10.6 Å². The van der Waals surface area contributed by atoms with Crippen LogP contribution in [0.2, 0.25) is 0 Å². The molecule has 0 atom stereocenters. The molecule has 0 unspecified atom stereocenters. The van der Waals surface area contributed by atoms with Crippen molar-refractivity contribution < 1.29 is 4.79 Å². The number of carbonyl (C=O) groups excluding carboxylic acids is 1. The maximum absolute atomic E-state index is 13.2. The Balaban J connectivity index is 1.88. The number of aromatic nitrogens is 4. The number of aromatic amines is 1. The van der Waals surface area contributed by atoms with Gasteiger partial charge >= 0.3 is 0 Å². The molecule has 0 saturated carbocycles. The third kappa shape index (κ3) is 2.99. The highest BCUT2D eigenvalue weighted by atomic mass is 32.1. The fraction of sp³-hybridized carbons (Fsp3) is 0.143. The van der Waals surface area contributed by atoms with Crippen LogP contribution in [-0.4, -0.2) is 31.3 Å². The third-order valence-corrected chi connectivity index (χ3v) is 4.99. The van der Waals surface area contributed by atoms with E-state index in [1.165, 1.54) is 0 Å². The number of nitrogens with one attached hydrogen (secondary N) is 1. The summed E-state index contributed by atoms with van der Waals surface area (Å²) in [5, 5.41) is 11.5. The lowest BCUT2D eigenvalue weighted by molar-refractivity contribution is 0.103. The summed E-state index contributed by atoms with van der Waals surface area (Å²) in [7, 11) is 0. The molecule has 0 amide bonds. The minimum atomic E-state index is -0.0203. The van der Waals surface area contributed by atoms with Gasteiger partial charge in [0.1, 0.15) is 0 Å². The summed E-state index contributed by atoms with van der Waals surface area (Å²) in [4.78, 5) is 13.2. The SMILES string of the molecule is CCc1n[nH]c(=S)n1/N=C\c1c(C)c(C(=O)c2ccccc2)n2ccccc12. The Labute approximate surface area is 167 Å². The van der Waals surface area contributed by atoms with Crippen LogP contribution >= 0.6 is 12.2 Å². The van der Waals surface area contributed by atoms with E-state index in [4.69, 9.17) is 12.2 Å². The molecule has 140 valence electrons. The number of rotatable bonds is 5. The van der Waals surface area contributed by atoms with Crippen molar-refractivity contribution in [1.29, 1.82) is 0 Å². The first kappa shape index (κ1) is 18.1. The summed E-state index contributed by atoms with van der Waals surface area (Å²) >= 11 is 5.27. The predicted octanol–water partition coefficient (Wildman–Crippen LogP) is 4.18. The standard InChI is InChI=1S/C21H19N5OS/c1-3-18-23-24-21(28)26(18)22-13-16-14(2)19(25-12-8-7-11-17(16)25)20(27)15-9-5-4-6-10-15/h4-13H,3H2,1-2H3,(H,24,28)/b22-13-. The first-order chi connectivity index (χ1) is 13.6. The molecule has 1 N–H and O–H groups in total. The molecule has 1 aromatic carbocycles. The number of hydrogen-bond donors (Lipinski definition) is 1. The van der Waals surface area contributed by atoms with Crippen LogP contribution < -0.4 is 0 Å². The van der Waals surface area contributed by atoms with Gasteiger partial charge in [-0.15, -0.1) is 0 Å².